The van der Waals surface area contributed by atoms with Crippen LogP contribution in [0, 0.1) is 11.8 Å². The van der Waals surface area contributed by atoms with Gasteiger partial charge in [0.05, 0.1) is 6.42 Å². The maximum atomic E-state index is 11.9. The number of nitrogens with one attached hydrogen (secondary N) is 1. The fourth-order valence-electron chi connectivity index (χ4n) is 3.38. The van der Waals surface area contributed by atoms with Crippen LogP contribution in [-0.4, -0.2) is 37.0 Å². The number of nitrogens with zero attached hydrogens (tertiary/aromatic N) is 1. The Bertz CT molecular complexity index is 482. The third-order valence-electron chi connectivity index (χ3n) is 4.23. The van der Waals surface area contributed by atoms with Crippen LogP contribution in [0.3, 0.4) is 0 Å². The van der Waals surface area contributed by atoms with E-state index in [1.54, 1.807) is 0 Å². The summed E-state index contributed by atoms with van der Waals surface area (Å²) in [5.74, 6) is 1.63. The van der Waals surface area contributed by atoms with E-state index in [2.05, 4.69) is 24.1 Å². The zero-order valence-electron chi connectivity index (χ0n) is 13.6. The maximum absolute atomic E-state index is 11.9. The Kier molecular flexibility index (Phi) is 6.71. The summed E-state index contributed by atoms with van der Waals surface area (Å²) in [6.07, 6.45) is 2.70. The molecule has 1 aliphatic rings. The minimum atomic E-state index is 0.0495. The lowest BCUT2D eigenvalue weighted by Crippen LogP contribution is -2.40. The summed E-state index contributed by atoms with van der Waals surface area (Å²) in [6.45, 7) is 8.85. The summed E-state index contributed by atoms with van der Waals surface area (Å²) in [4.78, 5) is 14.5. The van der Waals surface area contributed by atoms with E-state index in [1.165, 1.54) is 19.5 Å². The Balaban J connectivity index is 1.64. The third-order valence-corrected chi connectivity index (χ3v) is 4.60. The fourth-order valence-corrected chi connectivity index (χ4v) is 3.58. The molecule has 0 spiro atoms. The Morgan fingerprint density at radius 1 is 1.27 bits per heavy atom. The van der Waals surface area contributed by atoms with Crippen molar-refractivity contribution in [2.45, 2.75) is 33.1 Å². The lowest BCUT2D eigenvalue weighted by molar-refractivity contribution is -0.120. The zero-order chi connectivity index (χ0) is 15.9. The highest BCUT2D eigenvalue weighted by atomic mass is 35.5. The Hall–Kier alpha value is -1.06. The van der Waals surface area contributed by atoms with Crippen molar-refractivity contribution in [3.63, 3.8) is 0 Å². The molecule has 2 rings (SSSR count). The van der Waals surface area contributed by atoms with Crippen LogP contribution in [0.25, 0.3) is 0 Å². The number of carbonyl (C=O) groups is 1. The van der Waals surface area contributed by atoms with Gasteiger partial charge in [0.1, 0.15) is 0 Å². The molecule has 1 heterocycles. The molecule has 0 radical (unpaired) electrons. The minimum absolute atomic E-state index is 0.0495. The molecular formula is C18H27ClN2O. The molecule has 1 N–H and O–H groups in total. The first kappa shape index (κ1) is 17.3. The van der Waals surface area contributed by atoms with Gasteiger partial charge in [-0.15, -0.1) is 0 Å². The number of carbonyl (C=O) groups excluding carboxylic acids is 1. The molecule has 0 bridgehead atoms. The summed E-state index contributed by atoms with van der Waals surface area (Å²) in [6, 6.07) is 7.51. The van der Waals surface area contributed by atoms with Crippen LogP contribution in [0.1, 0.15) is 32.3 Å². The Morgan fingerprint density at radius 3 is 2.64 bits per heavy atom. The smallest absolute Gasteiger partial charge is 0.224 e. The van der Waals surface area contributed by atoms with Gasteiger partial charge in [0.2, 0.25) is 5.91 Å². The van der Waals surface area contributed by atoms with Gasteiger partial charge in [-0.3, -0.25) is 4.79 Å². The van der Waals surface area contributed by atoms with Crippen molar-refractivity contribution in [1.82, 2.24) is 10.2 Å². The molecule has 0 aromatic heterocycles. The normalized spacial score (nSPS) is 22.5. The summed E-state index contributed by atoms with van der Waals surface area (Å²) >= 11 is 6.07. The molecule has 2 atom stereocenters. The van der Waals surface area contributed by atoms with Crippen LogP contribution in [-0.2, 0) is 11.2 Å². The zero-order valence-corrected chi connectivity index (χ0v) is 14.4. The number of hydrogen-bond acceptors (Lipinski definition) is 2. The van der Waals surface area contributed by atoms with Gasteiger partial charge in [0.15, 0.2) is 0 Å². The van der Waals surface area contributed by atoms with Crippen LogP contribution in [0.5, 0.6) is 0 Å². The molecule has 0 aliphatic carbocycles. The Morgan fingerprint density at radius 2 is 1.95 bits per heavy atom. The average Bonchev–Trinajstić information content (AvgIpc) is 2.45. The molecule has 1 saturated heterocycles. The van der Waals surface area contributed by atoms with Gasteiger partial charge in [-0.2, -0.15) is 0 Å². The summed E-state index contributed by atoms with van der Waals surface area (Å²) in [5, 5.41) is 3.66. The van der Waals surface area contributed by atoms with E-state index >= 15 is 0 Å². The van der Waals surface area contributed by atoms with Crippen LogP contribution in [0.4, 0.5) is 0 Å². The van der Waals surface area contributed by atoms with Crippen LogP contribution in [0.15, 0.2) is 24.3 Å². The molecule has 22 heavy (non-hydrogen) atoms. The van der Waals surface area contributed by atoms with E-state index in [0.717, 1.165) is 36.9 Å². The van der Waals surface area contributed by atoms with Crippen molar-refractivity contribution in [1.29, 1.82) is 0 Å². The molecule has 1 amide bonds. The van der Waals surface area contributed by atoms with Crippen LogP contribution in [0.2, 0.25) is 5.02 Å². The monoisotopic (exact) mass is 322 g/mol. The standard InChI is InChI=1S/C18H27ClN2O/c1-14-10-15(2)13-21(12-14)9-5-8-20-18(22)11-16-6-3-4-7-17(16)19/h3-4,6-7,14-15H,5,8-13H2,1-2H3,(H,20,22)/t14-,15+. The first-order chi connectivity index (χ1) is 10.5. The van der Waals surface area contributed by atoms with E-state index < -0.39 is 0 Å². The van der Waals surface area contributed by atoms with Gasteiger partial charge in [-0.05, 0) is 42.9 Å². The van der Waals surface area contributed by atoms with Crippen molar-refractivity contribution in [3.8, 4) is 0 Å². The van der Waals surface area contributed by atoms with Crippen molar-refractivity contribution in [2.75, 3.05) is 26.2 Å². The second kappa shape index (κ2) is 8.54. The van der Waals surface area contributed by atoms with E-state index in [0.29, 0.717) is 11.4 Å². The average molecular weight is 323 g/mol. The number of piperidine rings is 1. The van der Waals surface area contributed by atoms with Crippen molar-refractivity contribution in [2.24, 2.45) is 11.8 Å². The predicted octanol–water partition coefficient (Wildman–Crippen LogP) is 3.37. The van der Waals surface area contributed by atoms with E-state index in [-0.39, 0.29) is 5.91 Å². The highest BCUT2D eigenvalue weighted by molar-refractivity contribution is 6.31. The maximum Gasteiger partial charge on any atom is 0.224 e. The summed E-state index contributed by atoms with van der Waals surface area (Å²) < 4.78 is 0. The predicted molar refractivity (Wildman–Crippen MR) is 92.2 cm³/mol. The van der Waals surface area contributed by atoms with Crippen molar-refractivity contribution >= 4 is 17.5 Å². The first-order valence-corrected chi connectivity index (χ1v) is 8.65. The van der Waals surface area contributed by atoms with Gasteiger partial charge >= 0.3 is 0 Å². The third kappa shape index (κ3) is 5.62. The molecule has 3 nitrogen and oxygen atoms in total. The van der Waals surface area contributed by atoms with Gasteiger partial charge in [0.25, 0.3) is 0 Å². The minimum Gasteiger partial charge on any atom is -0.356 e. The highest BCUT2D eigenvalue weighted by Crippen LogP contribution is 2.20. The number of likely N-dealkylation sites (tertiary alicyclic amines) is 1. The quantitative estimate of drug-likeness (QED) is 0.814. The number of amides is 1. The molecule has 4 heteroatoms. The van der Waals surface area contributed by atoms with E-state index in [1.807, 2.05) is 24.3 Å². The van der Waals surface area contributed by atoms with Gasteiger partial charge < -0.3 is 10.2 Å². The summed E-state index contributed by atoms with van der Waals surface area (Å²) in [7, 11) is 0. The molecule has 1 aliphatic heterocycles. The molecule has 0 saturated carbocycles. The fraction of sp³-hybridized carbons (Fsp3) is 0.611. The molecule has 1 fully saturated rings. The van der Waals surface area contributed by atoms with E-state index in [4.69, 9.17) is 11.6 Å². The number of benzene rings is 1. The van der Waals surface area contributed by atoms with Gasteiger partial charge in [-0.1, -0.05) is 43.6 Å². The van der Waals surface area contributed by atoms with E-state index in [9.17, 15) is 4.79 Å². The second-order valence-corrected chi connectivity index (χ2v) is 7.08. The molecular weight excluding hydrogens is 296 g/mol. The van der Waals surface area contributed by atoms with Gasteiger partial charge in [0, 0.05) is 24.7 Å². The van der Waals surface area contributed by atoms with Crippen LogP contribution >= 0.6 is 11.6 Å². The summed E-state index contributed by atoms with van der Waals surface area (Å²) in [5.41, 5.74) is 0.889. The lowest BCUT2D eigenvalue weighted by atomic mass is 9.92. The topological polar surface area (TPSA) is 32.3 Å². The number of hydrogen-bond donors (Lipinski definition) is 1. The second-order valence-electron chi connectivity index (χ2n) is 6.68. The molecule has 0 unspecified atom stereocenters. The Labute approximate surface area is 139 Å². The largest absolute Gasteiger partial charge is 0.356 e. The van der Waals surface area contributed by atoms with Crippen LogP contribution < -0.4 is 5.32 Å². The molecule has 122 valence electrons. The molecule has 1 aromatic rings. The van der Waals surface area contributed by atoms with Gasteiger partial charge in [-0.25, -0.2) is 0 Å². The van der Waals surface area contributed by atoms with Crippen molar-refractivity contribution in [3.05, 3.63) is 34.9 Å². The van der Waals surface area contributed by atoms with Crippen molar-refractivity contribution < 1.29 is 4.79 Å². The number of rotatable bonds is 6. The highest BCUT2D eigenvalue weighted by Gasteiger charge is 2.21. The lowest BCUT2D eigenvalue weighted by Gasteiger charge is -2.34. The first-order valence-electron chi connectivity index (χ1n) is 8.27. The number of halogens is 1. The SMILES string of the molecule is C[C@@H]1C[C@H](C)CN(CCCNC(=O)Cc2ccccc2Cl)C1. The molecule has 1 aromatic carbocycles.